The smallest absolute Gasteiger partial charge is 0.262 e. The monoisotopic (exact) mass is 384 g/mol. The molecule has 0 bridgehead atoms. The zero-order chi connectivity index (χ0) is 17.9. The summed E-state index contributed by atoms with van der Waals surface area (Å²) in [4.78, 5) is 33.8. The molecule has 0 saturated heterocycles. The number of hydrogen-bond donors (Lipinski definition) is 1. The quantitative estimate of drug-likeness (QED) is 0.555. The minimum atomic E-state index is -0.0986. The number of para-hydroxylation sites is 1. The van der Waals surface area contributed by atoms with Gasteiger partial charge < -0.3 is 5.32 Å². The van der Waals surface area contributed by atoms with Gasteiger partial charge in [0.1, 0.15) is 4.83 Å². The number of thiophene rings is 1. The Morgan fingerprint density at radius 3 is 3.00 bits per heavy atom. The number of carbonyl (C=O) groups excluding carboxylic acids is 1. The molecule has 6 nitrogen and oxygen atoms in total. The molecule has 1 aromatic carbocycles. The Balaban J connectivity index is 1.29. The Kier molecular flexibility index (Phi) is 4.77. The highest BCUT2D eigenvalue weighted by atomic mass is 32.1. The zero-order valence-electron chi connectivity index (χ0n) is 13.8. The maximum absolute atomic E-state index is 12.3. The average Bonchev–Trinajstić information content (AvgIpc) is 3.27. The van der Waals surface area contributed by atoms with E-state index >= 15 is 0 Å². The van der Waals surface area contributed by atoms with Crippen LogP contribution >= 0.6 is 22.7 Å². The van der Waals surface area contributed by atoms with E-state index in [2.05, 4.69) is 15.3 Å². The maximum Gasteiger partial charge on any atom is 0.262 e. The van der Waals surface area contributed by atoms with E-state index in [9.17, 15) is 9.59 Å². The minimum absolute atomic E-state index is 0.0802. The summed E-state index contributed by atoms with van der Waals surface area (Å²) >= 11 is 3.08. The molecule has 1 N–H and O–H groups in total. The molecule has 0 saturated carbocycles. The minimum Gasteiger partial charge on any atom is -0.356 e. The number of carbonyl (C=O) groups is 1. The van der Waals surface area contributed by atoms with E-state index < -0.39 is 0 Å². The summed E-state index contributed by atoms with van der Waals surface area (Å²) in [7, 11) is 0. The van der Waals surface area contributed by atoms with Gasteiger partial charge >= 0.3 is 0 Å². The summed E-state index contributed by atoms with van der Waals surface area (Å²) < 4.78 is 2.65. The van der Waals surface area contributed by atoms with Crippen LogP contribution in [-0.2, 0) is 17.8 Å². The third kappa shape index (κ3) is 3.51. The summed E-state index contributed by atoms with van der Waals surface area (Å²) in [6.07, 6.45) is 2.46. The number of thiazole rings is 1. The SMILES string of the molecule is O=C(CCn1cnc2sccc2c1=O)NCCc1nc2ccccc2s1. The van der Waals surface area contributed by atoms with Crippen LogP contribution in [0.15, 0.2) is 46.8 Å². The molecule has 3 heterocycles. The molecule has 1 amide bonds. The van der Waals surface area contributed by atoms with E-state index in [1.54, 1.807) is 17.4 Å². The Morgan fingerprint density at radius 2 is 2.12 bits per heavy atom. The highest BCUT2D eigenvalue weighted by molar-refractivity contribution is 7.18. The number of nitrogens with zero attached hydrogens (tertiary/aromatic N) is 3. The molecule has 3 aromatic heterocycles. The fourth-order valence-electron chi connectivity index (χ4n) is 2.70. The molecule has 0 atom stereocenters. The van der Waals surface area contributed by atoms with Crippen molar-refractivity contribution >= 4 is 49.0 Å². The molecule has 4 aromatic rings. The van der Waals surface area contributed by atoms with Crippen molar-refractivity contribution in [1.29, 1.82) is 0 Å². The van der Waals surface area contributed by atoms with Gasteiger partial charge in [0.25, 0.3) is 5.56 Å². The topological polar surface area (TPSA) is 76.9 Å². The normalized spacial score (nSPS) is 11.2. The first-order valence-corrected chi connectivity index (χ1v) is 9.94. The fourth-order valence-corrected chi connectivity index (χ4v) is 4.39. The Labute approximate surface area is 157 Å². The number of rotatable bonds is 6. The van der Waals surface area contributed by atoms with Crippen molar-refractivity contribution < 1.29 is 4.79 Å². The lowest BCUT2D eigenvalue weighted by molar-refractivity contribution is -0.121. The lowest BCUT2D eigenvalue weighted by atomic mass is 10.3. The second-order valence-electron chi connectivity index (χ2n) is 5.81. The number of hydrogen-bond acceptors (Lipinski definition) is 6. The summed E-state index contributed by atoms with van der Waals surface area (Å²) in [5, 5.41) is 6.35. The summed E-state index contributed by atoms with van der Waals surface area (Å²) in [5.74, 6) is -0.0802. The third-order valence-electron chi connectivity index (χ3n) is 4.03. The van der Waals surface area contributed by atoms with E-state index in [1.807, 2.05) is 29.6 Å². The van der Waals surface area contributed by atoms with Crippen molar-refractivity contribution in [2.45, 2.75) is 19.4 Å². The summed E-state index contributed by atoms with van der Waals surface area (Å²) in [6.45, 7) is 0.861. The van der Waals surface area contributed by atoms with Crippen LogP contribution in [0.3, 0.4) is 0 Å². The van der Waals surface area contributed by atoms with Gasteiger partial charge in [-0.1, -0.05) is 12.1 Å². The number of nitrogens with one attached hydrogen (secondary N) is 1. The van der Waals surface area contributed by atoms with Crippen LogP contribution in [-0.4, -0.2) is 27.0 Å². The van der Waals surface area contributed by atoms with Gasteiger partial charge in [0.2, 0.25) is 5.91 Å². The molecule has 4 rings (SSSR count). The largest absolute Gasteiger partial charge is 0.356 e. The molecule has 0 aliphatic carbocycles. The van der Waals surface area contributed by atoms with Crippen molar-refractivity contribution in [2.24, 2.45) is 0 Å². The molecule has 0 unspecified atom stereocenters. The molecule has 132 valence electrons. The molecular weight excluding hydrogens is 368 g/mol. The number of aryl methyl sites for hydroxylation is 1. The Morgan fingerprint density at radius 1 is 1.23 bits per heavy atom. The highest BCUT2D eigenvalue weighted by Crippen LogP contribution is 2.21. The second kappa shape index (κ2) is 7.35. The first-order chi connectivity index (χ1) is 12.7. The van der Waals surface area contributed by atoms with Crippen LogP contribution in [0.2, 0.25) is 0 Å². The van der Waals surface area contributed by atoms with E-state index in [0.29, 0.717) is 24.9 Å². The molecule has 26 heavy (non-hydrogen) atoms. The maximum atomic E-state index is 12.3. The molecule has 0 aliphatic heterocycles. The highest BCUT2D eigenvalue weighted by Gasteiger charge is 2.08. The number of amides is 1. The van der Waals surface area contributed by atoms with Gasteiger partial charge in [0.15, 0.2) is 0 Å². The molecule has 8 heteroatoms. The van der Waals surface area contributed by atoms with E-state index in [0.717, 1.165) is 20.1 Å². The van der Waals surface area contributed by atoms with Crippen LogP contribution in [0.5, 0.6) is 0 Å². The predicted molar refractivity (Wildman–Crippen MR) is 105 cm³/mol. The van der Waals surface area contributed by atoms with Gasteiger partial charge in [-0.05, 0) is 23.6 Å². The van der Waals surface area contributed by atoms with E-state index in [4.69, 9.17) is 0 Å². The molecule has 0 radical (unpaired) electrons. The number of aromatic nitrogens is 3. The lowest BCUT2D eigenvalue weighted by Gasteiger charge is -2.06. The summed E-state index contributed by atoms with van der Waals surface area (Å²) in [5.41, 5.74) is 0.896. The van der Waals surface area contributed by atoms with Gasteiger partial charge in [-0.2, -0.15) is 0 Å². The van der Waals surface area contributed by atoms with Crippen LogP contribution in [0, 0.1) is 0 Å². The van der Waals surface area contributed by atoms with Gasteiger partial charge in [0, 0.05) is 25.9 Å². The van der Waals surface area contributed by atoms with Crippen LogP contribution < -0.4 is 10.9 Å². The Bertz CT molecular complexity index is 1100. The fraction of sp³-hybridized carbons (Fsp3) is 0.222. The van der Waals surface area contributed by atoms with Gasteiger partial charge in [-0.25, -0.2) is 9.97 Å². The standard InChI is InChI=1S/C18H16N4O2S2/c23-15(6-9-22-11-20-17-12(18(22)24)7-10-25-17)19-8-5-16-21-13-3-1-2-4-14(13)26-16/h1-4,7,10-11H,5-6,8-9H2,(H,19,23). The third-order valence-corrected chi connectivity index (χ3v) is 5.95. The van der Waals surface area contributed by atoms with Crippen molar-refractivity contribution in [3.05, 3.63) is 57.4 Å². The molecule has 0 aliphatic rings. The first kappa shape index (κ1) is 16.9. The van der Waals surface area contributed by atoms with Gasteiger partial charge in [-0.15, -0.1) is 22.7 Å². The Hall–Kier alpha value is -2.58. The zero-order valence-corrected chi connectivity index (χ0v) is 15.5. The first-order valence-electron chi connectivity index (χ1n) is 8.24. The van der Waals surface area contributed by atoms with Crippen molar-refractivity contribution in [2.75, 3.05) is 6.54 Å². The molecule has 0 spiro atoms. The lowest BCUT2D eigenvalue weighted by Crippen LogP contribution is -2.28. The van der Waals surface area contributed by atoms with Crippen LogP contribution in [0.1, 0.15) is 11.4 Å². The van der Waals surface area contributed by atoms with E-state index in [1.165, 1.54) is 22.2 Å². The van der Waals surface area contributed by atoms with Crippen molar-refractivity contribution in [3.8, 4) is 0 Å². The summed E-state index contributed by atoms with van der Waals surface area (Å²) in [6, 6.07) is 9.77. The number of fused-ring (bicyclic) bond motifs is 2. The molecule has 0 fully saturated rings. The van der Waals surface area contributed by atoms with Crippen molar-refractivity contribution in [3.63, 3.8) is 0 Å². The van der Waals surface area contributed by atoms with Crippen LogP contribution in [0.4, 0.5) is 0 Å². The van der Waals surface area contributed by atoms with E-state index in [-0.39, 0.29) is 17.9 Å². The van der Waals surface area contributed by atoms with Gasteiger partial charge in [-0.3, -0.25) is 14.2 Å². The predicted octanol–water partition coefficient (Wildman–Crippen LogP) is 2.82. The number of benzene rings is 1. The van der Waals surface area contributed by atoms with Crippen LogP contribution in [0.25, 0.3) is 20.4 Å². The molecular formula is C18H16N4O2S2. The average molecular weight is 384 g/mol. The second-order valence-corrected chi connectivity index (χ2v) is 7.82. The van der Waals surface area contributed by atoms with Gasteiger partial charge in [0.05, 0.1) is 26.9 Å². The van der Waals surface area contributed by atoms with Crippen molar-refractivity contribution in [1.82, 2.24) is 19.9 Å².